The SMILES string of the molecule is Cc1cccc(NC(=O)CN(C)C(=O)C2CC(F)(F)CN2)c1C. The molecular formula is C16H21F2N3O2. The fraction of sp³-hybridized carbons (Fsp3) is 0.500. The highest BCUT2D eigenvalue weighted by Gasteiger charge is 2.43. The quantitative estimate of drug-likeness (QED) is 0.886. The summed E-state index contributed by atoms with van der Waals surface area (Å²) in [6, 6.07) is 4.61. The highest BCUT2D eigenvalue weighted by Crippen LogP contribution is 2.25. The van der Waals surface area contributed by atoms with Crippen LogP contribution in [0.5, 0.6) is 0 Å². The largest absolute Gasteiger partial charge is 0.335 e. The summed E-state index contributed by atoms with van der Waals surface area (Å²) in [5, 5.41) is 5.24. The smallest absolute Gasteiger partial charge is 0.262 e. The molecule has 5 nitrogen and oxygen atoms in total. The molecular weight excluding hydrogens is 304 g/mol. The summed E-state index contributed by atoms with van der Waals surface area (Å²) >= 11 is 0. The Labute approximate surface area is 134 Å². The zero-order chi connectivity index (χ0) is 17.2. The van der Waals surface area contributed by atoms with Crippen molar-refractivity contribution in [2.24, 2.45) is 0 Å². The van der Waals surface area contributed by atoms with Gasteiger partial charge < -0.3 is 10.2 Å². The Kier molecular flexibility index (Phi) is 4.99. The molecule has 1 unspecified atom stereocenters. The number of rotatable bonds is 4. The predicted octanol–water partition coefficient (Wildman–Crippen LogP) is 1.70. The minimum absolute atomic E-state index is 0.185. The van der Waals surface area contributed by atoms with Gasteiger partial charge in [0.25, 0.3) is 5.92 Å². The lowest BCUT2D eigenvalue weighted by Crippen LogP contribution is -2.44. The van der Waals surface area contributed by atoms with Crippen molar-refractivity contribution in [1.29, 1.82) is 0 Å². The molecule has 1 atom stereocenters. The zero-order valence-electron chi connectivity index (χ0n) is 13.5. The van der Waals surface area contributed by atoms with E-state index in [-0.39, 0.29) is 12.5 Å². The molecule has 1 fully saturated rings. The average molecular weight is 325 g/mol. The van der Waals surface area contributed by atoms with E-state index in [9.17, 15) is 18.4 Å². The van der Waals surface area contributed by atoms with Gasteiger partial charge in [-0.2, -0.15) is 0 Å². The van der Waals surface area contributed by atoms with Crippen LogP contribution in [0.15, 0.2) is 18.2 Å². The maximum absolute atomic E-state index is 13.1. The second-order valence-corrected chi connectivity index (χ2v) is 5.98. The van der Waals surface area contributed by atoms with Gasteiger partial charge in [-0.3, -0.25) is 14.9 Å². The third kappa shape index (κ3) is 4.25. The van der Waals surface area contributed by atoms with Crippen molar-refractivity contribution in [2.45, 2.75) is 32.2 Å². The van der Waals surface area contributed by atoms with Crippen LogP contribution >= 0.6 is 0 Å². The van der Waals surface area contributed by atoms with Gasteiger partial charge in [-0.1, -0.05) is 12.1 Å². The van der Waals surface area contributed by atoms with Crippen LogP contribution in [0, 0.1) is 13.8 Å². The topological polar surface area (TPSA) is 61.4 Å². The molecule has 1 heterocycles. The van der Waals surface area contributed by atoms with Crippen LogP contribution in [0.4, 0.5) is 14.5 Å². The maximum atomic E-state index is 13.1. The normalized spacial score (nSPS) is 19.4. The minimum atomic E-state index is -2.87. The van der Waals surface area contributed by atoms with Gasteiger partial charge >= 0.3 is 0 Å². The van der Waals surface area contributed by atoms with Gasteiger partial charge in [-0.25, -0.2) is 8.78 Å². The molecule has 1 aliphatic heterocycles. The van der Waals surface area contributed by atoms with Gasteiger partial charge in [0, 0.05) is 19.2 Å². The number of amides is 2. The van der Waals surface area contributed by atoms with Gasteiger partial charge in [0.2, 0.25) is 11.8 Å². The van der Waals surface area contributed by atoms with E-state index in [1.165, 1.54) is 11.9 Å². The molecule has 1 aromatic carbocycles. The number of nitrogens with one attached hydrogen (secondary N) is 2. The van der Waals surface area contributed by atoms with E-state index in [1.807, 2.05) is 26.0 Å². The van der Waals surface area contributed by atoms with Crippen LogP contribution in [0.25, 0.3) is 0 Å². The highest BCUT2D eigenvalue weighted by atomic mass is 19.3. The van der Waals surface area contributed by atoms with Crippen molar-refractivity contribution in [3.05, 3.63) is 29.3 Å². The van der Waals surface area contributed by atoms with Gasteiger partial charge in [0.15, 0.2) is 0 Å². The van der Waals surface area contributed by atoms with E-state index in [0.29, 0.717) is 5.69 Å². The number of hydrogen-bond acceptors (Lipinski definition) is 3. The van der Waals surface area contributed by atoms with Crippen molar-refractivity contribution >= 4 is 17.5 Å². The number of hydrogen-bond donors (Lipinski definition) is 2. The molecule has 1 saturated heterocycles. The first-order chi connectivity index (χ1) is 10.7. The van der Waals surface area contributed by atoms with Crippen LogP contribution in [0.1, 0.15) is 17.5 Å². The summed E-state index contributed by atoms with van der Waals surface area (Å²) in [5.74, 6) is -3.74. The number of carbonyl (C=O) groups is 2. The minimum Gasteiger partial charge on any atom is -0.335 e. The molecule has 2 rings (SSSR count). The lowest BCUT2D eigenvalue weighted by Gasteiger charge is -2.21. The fourth-order valence-electron chi connectivity index (χ4n) is 2.53. The molecule has 0 radical (unpaired) electrons. The lowest BCUT2D eigenvalue weighted by molar-refractivity contribution is -0.135. The summed E-state index contributed by atoms with van der Waals surface area (Å²) in [5.41, 5.74) is 2.68. The van der Waals surface area contributed by atoms with Crippen molar-refractivity contribution in [3.63, 3.8) is 0 Å². The van der Waals surface area contributed by atoms with E-state index in [1.54, 1.807) is 6.07 Å². The zero-order valence-corrected chi connectivity index (χ0v) is 13.5. The van der Waals surface area contributed by atoms with Crippen molar-refractivity contribution in [3.8, 4) is 0 Å². The summed E-state index contributed by atoms with van der Waals surface area (Å²) in [6.07, 6.45) is -0.533. The first-order valence-electron chi connectivity index (χ1n) is 7.42. The predicted molar refractivity (Wildman–Crippen MR) is 83.5 cm³/mol. The van der Waals surface area contributed by atoms with Gasteiger partial charge in [0.05, 0.1) is 19.1 Å². The Morgan fingerprint density at radius 3 is 2.70 bits per heavy atom. The van der Waals surface area contributed by atoms with Crippen LogP contribution in [0.3, 0.4) is 0 Å². The van der Waals surface area contributed by atoms with E-state index in [0.717, 1.165) is 11.1 Å². The molecule has 0 aliphatic carbocycles. The van der Waals surface area contributed by atoms with Crippen molar-refractivity contribution in [1.82, 2.24) is 10.2 Å². The number of nitrogens with zero attached hydrogens (tertiary/aromatic N) is 1. The second kappa shape index (κ2) is 6.62. The van der Waals surface area contributed by atoms with Crippen LogP contribution in [-0.4, -0.2) is 48.8 Å². The van der Waals surface area contributed by atoms with E-state index in [2.05, 4.69) is 10.6 Å². The van der Waals surface area contributed by atoms with Gasteiger partial charge in [-0.05, 0) is 31.0 Å². The maximum Gasteiger partial charge on any atom is 0.262 e. The third-order valence-electron chi connectivity index (χ3n) is 4.04. The fourth-order valence-corrected chi connectivity index (χ4v) is 2.53. The lowest BCUT2D eigenvalue weighted by atomic mass is 10.1. The van der Waals surface area contributed by atoms with E-state index in [4.69, 9.17) is 0 Å². The van der Waals surface area contributed by atoms with Crippen LogP contribution < -0.4 is 10.6 Å². The molecule has 23 heavy (non-hydrogen) atoms. The van der Waals surface area contributed by atoms with Gasteiger partial charge in [0.1, 0.15) is 0 Å². The van der Waals surface area contributed by atoms with E-state index >= 15 is 0 Å². The van der Waals surface area contributed by atoms with Crippen molar-refractivity contribution in [2.75, 3.05) is 25.5 Å². The number of halogens is 2. The molecule has 126 valence electrons. The molecule has 1 aromatic rings. The Hall–Kier alpha value is -2.02. The summed E-state index contributed by atoms with van der Waals surface area (Å²) in [4.78, 5) is 25.3. The molecule has 0 bridgehead atoms. The number of likely N-dealkylation sites (N-methyl/N-ethyl adjacent to an activating group) is 1. The summed E-state index contributed by atoms with van der Waals surface area (Å²) in [7, 11) is 1.43. The number of anilines is 1. The molecule has 7 heteroatoms. The van der Waals surface area contributed by atoms with Crippen molar-refractivity contribution < 1.29 is 18.4 Å². The van der Waals surface area contributed by atoms with E-state index < -0.39 is 30.8 Å². The number of benzene rings is 1. The average Bonchev–Trinajstić information content (AvgIpc) is 2.83. The molecule has 0 aromatic heterocycles. The Balaban J connectivity index is 1.92. The summed E-state index contributed by atoms with van der Waals surface area (Å²) < 4.78 is 26.3. The monoisotopic (exact) mass is 325 g/mol. The molecule has 2 amide bonds. The molecule has 0 saturated carbocycles. The molecule has 1 aliphatic rings. The first-order valence-corrected chi connectivity index (χ1v) is 7.42. The number of aryl methyl sites for hydroxylation is 1. The summed E-state index contributed by atoms with van der Waals surface area (Å²) in [6.45, 7) is 3.14. The Morgan fingerprint density at radius 2 is 2.09 bits per heavy atom. The Bertz CT molecular complexity index is 619. The number of carbonyl (C=O) groups excluding carboxylic acids is 2. The first kappa shape index (κ1) is 17.3. The van der Waals surface area contributed by atoms with Crippen LogP contribution in [0.2, 0.25) is 0 Å². The third-order valence-corrected chi connectivity index (χ3v) is 4.04. The molecule has 2 N–H and O–H groups in total. The standard InChI is InChI=1S/C16H21F2N3O2/c1-10-5-4-6-12(11(10)2)20-14(22)8-21(3)15(23)13-7-16(17,18)9-19-13/h4-6,13,19H,7-9H2,1-3H3,(H,20,22). The Morgan fingerprint density at radius 1 is 1.39 bits per heavy atom. The highest BCUT2D eigenvalue weighted by molar-refractivity contribution is 5.95. The number of alkyl halides is 2. The molecule has 0 spiro atoms. The van der Waals surface area contributed by atoms with Gasteiger partial charge in [-0.15, -0.1) is 0 Å². The van der Waals surface area contributed by atoms with Crippen LogP contribution in [-0.2, 0) is 9.59 Å². The second-order valence-electron chi connectivity index (χ2n) is 5.98.